The average Bonchev–Trinajstić information content (AvgIpc) is 3.64. The van der Waals surface area contributed by atoms with E-state index >= 15 is 0 Å². The molecule has 1 atom stereocenters. The molecule has 2 heterocycles. The van der Waals surface area contributed by atoms with Gasteiger partial charge in [0.15, 0.2) is 0 Å². The first kappa shape index (κ1) is 23.9. The summed E-state index contributed by atoms with van der Waals surface area (Å²) in [7, 11) is 0. The molecule has 7 aromatic carbocycles. The summed E-state index contributed by atoms with van der Waals surface area (Å²) in [5.74, 6) is 1.26. The van der Waals surface area contributed by atoms with Gasteiger partial charge >= 0.3 is 0 Å². The van der Waals surface area contributed by atoms with Crippen LogP contribution in [0.1, 0.15) is 29.2 Å². The normalized spacial score (nSPS) is 14.9. The van der Waals surface area contributed by atoms with E-state index in [-0.39, 0.29) is 5.92 Å². The van der Waals surface area contributed by atoms with E-state index in [1.807, 2.05) is 0 Å². The number of hydrogen-bond acceptors (Lipinski definition) is 1. The molecule has 0 radical (unpaired) electrons. The van der Waals surface area contributed by atoms with E-state index in [4.69, 9.17) is 4.42 Å². The number of nitrogens with zero attached hydrogens (tertiary/aromatic N) is 1. The van der Waals surface area contributed by atoms with Crippen LogP contribution in [-0.4, -0.2) is 4.57 Å². The van der Waals surface area contributed by atoms with Crippen LogP contribution in [0.2, 0.25) is 0 Å². The average molecular weight is 562 g/mol. The molecule has 2 heteroatoms. The molecule has 44 heavy (non-hydrogen) atoms. The predicted molar refractivity (Wildman–Crippen MR) is 185 cm³/mol. The molecule has 2 nitrogen and oxygen atoms in total. The van der Waals surface area contributed by atoms with E-state index < -0.39 is 0 Å². The van der Waals surface area contributed by atoms with Crippen molar-refractivity contribution in [2.45, 2.75) is 12.3 Å². The first-order valence-electron chi connectivity index (χ1n) is 15.4. The zero-order chi connectivity index (χ0) is 28.8. The molecule has 0 saturated carbocycles. The molecular weight excluding hydrogens is 534 g/mol. The first-order valence-corrected chi connectivity index (χ1v) is 15.4. The summed E-state index contributed by atoms with van der Waals surface area (Å²) >= 11 is 0. The van der Waals surface area contributed by atoms with Crippen molar-refractivity contribution in [3.8, 4) is 5.69 Å². The van der Waals surface area contributed by atoms with Gasteiger partial charge in [-0.05, 0) is 80.7 Å². The number of furan rings is 1. The minimum atomic E-state index is 0.189. The van der Waals surface area contributed by atoms with Crippen molar-refractivity contribution < 1.29 is 4.42 Å². The lowest BCUT2D eigenvalue weighted by Gasteiger charge is -2.18. The van der Waals surface area contributed by atoms with Crippen LogP contribution in [0.4, 0.5) is 0 Å². The largest absolute Gasteiger partial charge is 0.460 e. The van der Waals surface area contributed by atoms with E-state index in [1.165, 1.54) is 76.3 Å². The Hall–Kier alpha value is -5.60. The zero-order valence-electron chi connectivity index (χ0n) is 24.0. The van der Waals surface area contributed by atoms with Crippen LogP contribution < -0.4 is 0 Å². The van der Waals surface area contributed by atoms with Crippen molar-refractivity contribution in [2.75, 3.05) is 0 Å². The summed E-state index contributed by atoms with van der Waals surface area (Å²) in [5, 5.41) is 11.5. The number of allylic oxidation sites excluding steroid dienone is 1. The molecule has 9 aromatic rings. The fourth-order valence-electron chi connectivity index (χ4n) is 7.75. The van der Waals surface area contributed by atoms with Crippen molar-refractivity contribution in [2.24, 2.45) is 0 Å². The van der Waals surface area contributed by atoms with Crippen LogP contribution in [-0.2, 0) is 0 Å². The van der Waals surface area contributed by atoms with Gasteiger partial charge in [0.05, 0.1) is 11.0 Å². The number of para-hydroxylation sites is 2. The number of benzene rings is 7. The molecule has 0 spiro atoms. The highest BCUT2D eigenvalue weighted by Crippen LogP contribution is 2.43. The fraction of sp³-hybridized carbons (Fsp3) is 0.0476. The molecule has 1 unspecified atom stereocenters. The summed E-state index contributed by atoms with van der Waals surface area (Å²) in [5.41, 5.74) is 7.09. The molecule has 206 valence electrons. The maximum Gasteiger partial charge on any atom is 0.134 e. The van der Waals surface area contributed by atoms with Gasteiger partial charge < -0.3 is 8.98 Å². The van der Waals surface area contributed by atoms with Crippen molar-refractivity contribution >= 4 is 71.2 Å². The third-order valence-corrected chi connectivity index (χ3v) is 9.72. The third-order valence-electron chi connectivity index (χ3n) is 9.72. The van der Waals surface area contributed by atoms with Gasteiger partial charge in [0.2, 0.25) is 0 Å². The Kier molecular flexibility index (Phi) is 4.86. The predicted octanol–water partition coefficient (Wildman–Crippen LogP) is 11.5. The Morgan fingerprint density at radius 2 is 1.11 bits per heavy atom. The van der Waals surface area contributed by atoms with Crippen LogP contribution in [0, 0.1) is 0 Å². The second-order valence-electron chi connectivity index (χ2n) is 12.0. The molecule has 1 aliphatic rings. The molecule has 0 amide bonds. The monoisotopic (exact) mass is 561 g/mol. The summed E-state index contributed by atoms with van der Waals surface area (Å²) in [6, 6.07) is 48.8. The molecule has 0 fully saturated rings. The summed E-state index contributed by atoms with van der Waals surface area (Å²) in [4.78, 5) is 0. The van der Waals surface area contributed by atoms with Gasteiger partial charge in [0.25, 0.3) is 0 Å². The standard InChI is InChI=1S/C42H27NO/c1-2-12-31-29(10-1)30-11-3-4-13-32(30)37-25-27(21-22-33(31)37)43-39-18-7-5-14-34(39)38-24-26(20-23-40(38)43)28-16-9-17-36-35-15-6-8-19-41(35)44-42(28)36/h1-15,17-25,28H,16H2. The van der Waals surface area contributed by atoms with Crippen LogP contribution in [0.15, 0.2) is 144 Å². The maximum atomic E-state index is 6.48. The second-order valence-corrected chi connectivity index (χ2v) is 12.0. The topological polar surface area (TPSA) is 18.1 Å². The van der Waals surface area contributed by atoms with E-state index in [0.29, 0.717) is 0 Å². The Labute approximate surface area is 254 Å². The van der Waals surface area contributed by atoms with Crippen molar-refractivity contribution in [3.05, 3.63) is 156 Å². The molecular formula is C42H27NO. The first-order chi connectivity index (χ1) is 21.8. The lowest BCUT2D eigenvalue weighted by molar-refractivity contribution is 0.517. The number of aromatic nitrogens is 1. The van der Waals surface area contributed by atoms with E-state index in [0.717, 1.165) is 17.8 Å². The maximum absolute atomic E-state index is 6.48. The van der Waals surface area contributed by atoms with E-state index in [9.17, 15) is 0 Å². The van der Waals surface area contributed by atoms with Crippen molar-refractivity contribution in [1.29, 1.82) is 0 Å². The molecule has 0 aliphatic heterocycles. The summed E-state index contributed by atoms with van der Waals surface area (Å²) in [6.45, 7) is 0. The molecule has 1 aliphatic carbocycles. The fourth-order valence-corrected chi connectivity index (χ4v) is 7.75. The zero-order valence-corrected chi connectivity index (χ0v) is 24.0. The summed E-state index contributed by atoms with van der Waals surface area (Å²) < 4.78 is 8.92. The van der Waals surface area contributed by atoms with Gasteiger partial charge in [-0.1, -0.05) is 109 Å². The Bertz CT molecular complexity index is 2610. The SMILES string of the molecule is C1=Cc2c(oc3ccccc23)C(c2ccc3c(c2)c2ccccc2n3-c2ccc3c4ccccc4c4ccccc4c3c2)C1. The quantitative estimate of drug-likeness (QED) is 0.192. The molecule has 2 aromatic heterocycles. The molecule has 0 N–H and O–H groups in total. The van der Waals surface area contributed by atoms with Crippen molar-refractivity contribution in [3.63, 3.8) is 0 Å². The van der Waals surface area contributed by atoms with Crippen LogP contribution in [0.25, 0.3) is 76.9 Å². The highest BCUT2D eigenvalue weighted by Gasteiger charge is 2.26. The van der Waals surface area contributed by atoms with E-state index in [2.05, 4.69) is 150 Å². The van der Waals surface area contributed by atoms with Crippen molar-refractivity contribution in [1.82, 2.24) is 4.57 Å². The highest BCUT2D eigenvalue weighted by atomic mass is 16.3. The minimum Gasteiger partial charge on any atom is -0.460 e. The molecule has 10 rings (SSSR count). The summed E-state index contributed by atoms with van der Waals surface area (Å²) in [6.07, 6.45) is 5.46. The lowest BCUT2D eigenvalue weighted by atomic mass is 9.86. The van der Waals surface area contributed by atoms with Gasteiger partial charge in [-0.2, -0.15) is 0 Å². The van der Waals surface area contributed by atoms with E-state index in [1.54, 1.807) is 0 Å². The highest BCUT2D eigenvalue weighted by molar-refractivity contribution is 6.25. The Morgan fingerprint density at radius 1 is 0.500 bits per heavy atom. The third kappa shape index (κ3) is 3.25. The van der Waals surface area contributed by atoms with Gasteiger partial charge in [0.1, 0.15) is 11.3 Å². The van der Waals surface area contributed by atoms with Gasteiger partial charge in [-0.25, -0.2) is 0 Å². The van der Waals surface area contributed by atoms with Crippen LogP contribution in [0.5, 0.6) is 0 Å². The number of fused-ring (bicyclic) bond motifs is 12. The van der Waals surface area contributed by atoms with Gasteiger partial charge in [-0.15, -0.1) is 0 Å². The second kappa shape index (κ2) is 8.95. The van der Waals surface area contributed by atoms with Crippen LogP contribution >= 0.6 is 0 Å². The molecule has 0 saturated heterocycles. The lowest BCUT2D eigenvalue weighted by Crippen LogP contribution is -2.03. The number of hydrogen-bond donors (Lipinski definition) is 0. The minimum absolute atomic E-state index is 0.189. The smallest absolute Gasteiger partial charge is 0.134 e. The van der Waals surface area contributed by atoms with Gasteiger partial charge in [-0.3, -0.25) is 0 Å². The van der Waals surface area contributed by atoms with Crippen LogP contribution in [0.3, 0.4) is 0 Å². The molecule has 0 bridgehead atoms. The Balaban J connectivity index is 1.21. The number of rotatable bonds is 2. The Morgan fingerprint density at radius 3 is 1.89 bits per heavy atom. The van der Waals surface area contributed by atoms with Gasteiger partial charge in [0, 0.05) is 33.3 Å².